The van der Waals surface area contributed by atoms with Crippen molar-refractivity contribution >= 4 is 57.6 Å². The quantitative estimate of drug-likeness (QED) is 0.0865. The number of hydrogen-bond acceptors (Lipinski definition) is 10. The van der Waals surface area contributed by atoms with Crippen LogP contribution in [0.1, 0.15) is 11.1 Å². The molecule has 2 aliphatic rings. The molecule has 1 aromatic heterocycles. The van der Waals surface area contributed by atoms with E-state index in [4.69, 9.17) is 59.1 Å². The van der Waals surface area contributed by atoms with Gasteiger partial charge in [-0.15, -0.1) is 0 Å². The van der Waals surface area contributed by atoms with Crippen molar-refractivity contribution in [2.45, 2.75) is 31.3 Å². The molecule has 0 spiro atoms. The first-order valence-electron chi connectivity index (χ1n) is 18.4. The summed E-state index contributed by atoms with van der Waals surface area (Å²) < 4.78 is 31.5. The molecule has 4 aromatic carbocycles. The van der Waals surface area contributed by atoms with Gasteiger partial charge in [0, 0.05) is 74.6 Å². The Balaban J connectivity index is 0.892. The number of ether oxygens (including phenoxy) is 5. The number of thiocarbonyl (C=S) groups is 1. The second-order valence-electron chi connectivity index (χ2n) is 13.5. The molecule has 5 aromatic rings. The SMILES string of the molecule is COC(CN(Cc1ccccc1)C(=S)Nc1ccc(N2CCN(c3ccc(OCC4COC(Cn5cncn5)(c5ccc(Cl)cc5Cl)O4)cc3)CC2)cc1)OC. The number of benzene rings is 4. The molecule has 1 N–H and O–H groups in total. The smallest absolute Gasteiger partial charge is 0.217 e. The molecule has 2 unspecified atom stereocenters. The Hall–Kier alpha value is -4.47. The van der Waals surface area contributed by atoms with E-state index in [9.17, 15) is 0 Å². The monoisotopic (exact) mass is 817 g/mol. The maximum Gasteiger partial charge on any atom is 0.217 e. The number of rotatable bonds is 15. The number of halogens is 2. The van der Waals surface area contributed by atoms with E-state index in [1.165, 1.54) is 12.0 Å². The molecule has 7 rings (SSSR count). The molecule has 2 aliphatic heterocycles. The van der Waals surface area contributed by atoms with Gasteiger partial charge < -0.3 is 43.7 Å². The number of methoxy groups -OCH3 is 2. The molecule has 0 aliphatic carbocycles. The Kier molecular flexibility index (Phi) is 13.2. The van der Waals surface area contributed by atoms with Crippen molar-refractivity contribution in [3.05, 3.63) is 131 Å². The lowest BCUT2D eigenvalue weighted by molar-refractivity contribution is -0.190. The number of anilines is 3. The predicted molar refractivity (Wildman–Crippen MR) is 223 cm³/mol. The van der Waals surface area contributed by atoms with E-state index in [2.05, 4.69) is 78.6 Å². The predicted octanol–water partition coefficient (Wildman–Crippen LogP) is 7.08. The molecule has 0 amide bonds. The minimum Gasteiger partial charge on any atom is -0.491 e. The molecule has 0 saturated carbocycles. The van der Waals surface area contributed by atoms with Gasteiger partial charge in [0.15, 0.2) is 11.4 Å². The van der Waals surface area contributed by atoms with Crippen LogP contribution >= 0.6 is 35.4 Å². The zero-order valence-corrected chi connectivity index (χ0v) is 33.6. The molecule has 2 atom stereocenters. The molecule has 294 valence electrons. The van der Waals surface area contributed by atoms with E-state index in [0.717, 1.165) is 48.9 Å². The van der Waals surface area contributed by atoms with Gasteiger partial charge in [0.25, 0.3) is 0 Å². The van der Waals surface area contributed by atoms with Crippen molar-refractivity contribution in [2.24, 2.45) is 0 Å². The molecule has 2 saturated heterocycles. The zero-order valence-electron chi connectivity index (χ0n) is 31.3. The van der Waals surface area contributed by atoms with Gasteiger partial charge >= 0.3 is 0 Å². The second kappa shape index (κ2) is 18.6. The maximum absolute atomic E-state index is 6.60. The highest BCUT2D eigenvalue weighted by Gasteiger charge is 2.45. The molecular formula is C41H45Cl2N7O5S. The van der Waals surface area contributed by atoms with Crippen molar-refractivity contribution in [3.8, 4) is 5.75 Å². The number of piperazine rings is 1. The van der Waals surface area contributed by atoms with E-state index in [0.29, 0.717) is 47.0 Å². The van der Waals surface area contributed by atoms with Crippen LogP contribution in [0.15, 0.2) is 110 Å². The molecule has 0 radical (unpaired) electrons. The molecular weight excluding hydrogens is 773 g/mol. The third-order valence-corrected chi connectivity index (χ3v) is 10.7. The number of hydrogen-bond donors (Lipinski definition) is 1. The first kappa shape index (κ1) is 39.8. The fourth-order valence-corrected chi connectivity index (χ4v) is 7.66. The Bertz CT molecular complexity index is 2000. The summed E-state index contributed by atoms with van der Waals surface area (Å²) in [6.07, 6.45) is 2.34. The average Bonchev–Trinajstić information content (AvgIpc) is 3.90. The summed E-state index contributed by atoms with van der Waals surface area (Å²) >= 11 is 18.6. The Morgan fingerprint density at radius 1 is 0.929 bits per heavy atom. The van der Waals surface area contributed by atoms with E-state index >= 15 is 0 Å². The summed E-state index contributed by atoms with van der Waals surface area (Å²) in [6.45, 7) is 5.61. The normalized spacial score (nSPS) is 18.3. The highest BCUT2D eigenvalue weighted by Crippen LogP contribution is 2.40. The lowest BCUT2D eigenvalue weighted by Gasteiger charge is -2.37. The van der Waals surface area contributed by atoms with Gasteiger partial charge in [-0.1, -0.05) is 59.6 Å². The van der Waals surface area contributed by atoms with Gasteiger partial charge in [-0.2, -0.15) is 5.10 Å². The average molecular weight is 819 g/mol. The summed E-state index contributed by atoms with van der Waals surface area (Å²) in [5.74, 6) is -0.409. The van der Waals surface area contributed by atoms with Gasteiger partial charge in [-0.3, -0.25) is 0 Å². The topological polar surface area (TPSA) is 98.6 Å². The summed E-state index contributed by atoms with van der Waals surface area (Å²) in [4.78, 5) is 10.9. The lowest BCUT2D eigenvalue weighted by atomic mass is 10.1. The Morgan fingerprint density at radius 2 is 1.61 bits per heavy atom. The highest BCUT2D eigenvalue weighted by atomic mass is 35.5. The van der Waals surface area contributed by atoms with Crippen LogP contribution in [0.2, 0.25) is 10.0 Å². The standard InChI is InChI=1S/C41H45Cl2N7O5S/c1-51-39(52-2)24-49(23-30-6-4-3-5-7-30)40(56)46-32-9-11-33(12-10-32)47-18-20-48(21-19-47)34-13-15-35(16-14-34)53-25-36-26-54-41(55-36,27-50-29-44-28-45-50)37-17-8-31(42)22-38(37)43/h3-17,22,28-29,36,39H,18-21,23-27H2,1-2H3,(H,46,56). The number of aromatic nitrogens is 3. The molecule has 0 bridgehead atoms. The van der Waals surface area contributed by atoms with Crippen LogP contribution in [0.5, 0.6) is 5.75 Å². The largest absolute Gasteiger partial charge is 0.491 e. The fourth-order valence-electron chi connectivity index (χ4n) is 6.85. The molecule has 2 fully saturated rings. The van der Waals surface area contributed by atoms with Crippen LogP contribution in [-0.4, -0.2) is 97.3 Å². The lowest BCUT2D eigenvalue weighted by Crippen LogP contribution is -2.46. The van der Waals surface area contributed by atoms with E-state index in [1.54, 1.807) is 37.4 Å². The van der Waals surface area contributed by atoms with E-state index in [1.807, 2.05) is 36.4 Å². The van der Waals surface area contributed by atoms with Gasteiger partial charge in [0.05, 0.1) is 18.2 Å². The van der Waals surface area contributed by atoms with Crippen molar-refractivity contribution in [2.75, 3.05) is 75.3 Å². The second-order valence-corrected chi connectivity index (χ2v) is 14.8. The van der Waals surface area contributed by atoms with Crippen molar-refractivity contribution in [1.82, 2.24) is 19.7 Å². The van der Waals surface area contributed by atoms with Crippen molar-refractivity contribution in [1.29, 1.82) is 0 Å². The molecule has 12 nitrogen and oxygen atoms in total. The third-order valence-electron chi connectivity index (χ3n) is 9.84. The van der Waals surface area contributed by atoms with Crippen LogP contribution in [0.3, 0.4) is 0 Å². The minimum absolute atomic E-state index is 0.268. The van der Waals surface area contributed by atoms with Crippen LogP contribution in [0.25, 0.3) is 0 Å². The van der Waals surface area contributed by atoms with Crippen LogP contribution in [-0.2, 0) is 37.8 Å². The van der Waals surface area contributed by atoms with Gasteiger partial charge in [-0.05, 0) is 78.4 Å². The zero-order chi connectivity index (χ0) is 38.9. The Labute approximate surface area is 342 Å². The number of nitrogens with one attached hydrogen (secondary N) is 1. The summed E-state index contributed by atoms with van der Waals surface area (Å²) in [7, 11) is 3.27. The number of nitrogens with zero attached hydrogens (tertiary/aromatic N) is 6. The van der Waals surface area contributed by atoms with E-state index in [-0.39, 0.29) is 12.6 Å². The summed E-state index contributed by atoms with van der Waals surface area (Å²) in [6, 6.07) is 32.1. The van der Waals surface area contributed by atoms with Crippen LogP contribution in [0.4, 0.5) is 17.1 Å². The first-order valence-corrected chi connectivity index (χ1v) is 19.6. The summed E-state index contributed by atoms with van der Waals surface area (Å²) in [5, 5.41) is 9.23. The Morgan fingerprint density at radius 3 is 2.23 bits per heavy atom. The summed E-state index contributed by atoms with van der Waals surface area (Å²) in [5.41, 5.74) is 5.07. The molecule has 56 heavy (non-hydrogen) atoms. The van der Waals surface area contributed by atoms with E-state index < -0.39 is 12.1 Å². The van der Waals surface area contributed by atoms with Crippen molar-refractivity contribution < 1.29 is 23.7 Å². The van der Waals surface area contributed by atoms with Gasteiger partial charge in [0.1, 0.15) is 37.7 Å². The molecule has 3 heterocycles. The first-order chi connectivity index (χ1) is 27.3. The minimum atomic E-state index is -1.16. The maximum atomic E-state index is 6.60. The van der Waals surface area contributed by atoms with Crippen LogP contribution < -0.4 is 19.9 Å². The van der Waals surface area contributed by atoms with Crippen molar-refractivity contribution in [3.63, 3.8) is 0 Å². The highest BCUT2D eigenvalue weighted by molar-refractivity contribution is 7.80. The fraction of sp³-hybridized carbons (Fsp3) is 0.341. The van der Waals surface area contributed by atoms with Gasteiger partial charge in [-0.25, -0.2) is 9.67 Å². The molecule has 15 heteroatoms. The third kappa shape index (κ3) is 9.90. The van der Waals surface area contributed by atoms with Crippen LogP contribution in [0, 0.1) is 0 Å². The van der Waals surface area contributed by atoms with Gasteiger partial charge in [0.2, 0.25) is 5.79 Å².